The zero-order valence-corrected chi connectivity index (χ0v) is 15.0. The maximum atomic E-state index is 12.5. The average Bonchev–Trinajstić information content (AvgIpc) is 3.01. The van der Waals surface area contributed by atoms with E-state index in [9.17, 15) is 13.2 Å². The van der Waals surface area contributed by atoms with E-state index in [4.69, 9.17) is 0 Å². The molecule has 0 saturated carbocycles. The van der Waals surface area contributed by atoms with E-state index in [1.54, 1.807) is 24.3 Å². The molecule has 8 heteroatoms. The number of hydrogen-bond donors (Lipinski definition) is 2. The van der Waals surface area contributed by atoms with Crippen LogP contribution in [0.4, 0.5) is 0 Å². The maximum absolute atomic E-state index is 12.5. The van der Waals surface area contributed by atoms with Crippen LogP contribution >= 0.6 is 0 Å². The molecule has 3 aromatic rings. The van der Waals surface area contributed by atoms with Crippen LogP contribution in [0.25, 0.3) is 5.65 Å². The summed E-state index contributed by atoms with van der Waals surface area (Å²) < 4.78 is 28.9. The number of amides is 1. The van der Waals surface area contributed by atoms with E-state index in [2.05, 4.69) is 15.0 Å². The molecule has 0 spiro atoms. The first-order valence-electron chi connectivity index (χ1n) is 8.24. The molecule has 2 N–H and O–H groups in total. The summed E-state index contributed by atoms with van der Waals surface area (Å²) in [7, 11) is -3.68. The van der Waals surface area contributed by atoms with Crippen molar-refractivity contribution < 1.29 is 13.2 Å². The third-order valence-corrected chi connectivity index (χ3v) is 5.98. The fourth-order valence-corrected chi connectivity index (χ4v) is 4.56. The highest BCUT2D eigenvalue weighted by atomic mass is 32.2. The lowest BCUT2D eigenvalue weighted by atomic mass is 10.1. The van der Waals surface area contributed by atoms with Crippen LogP contribution in [0, 0.1) is 6.92 Å². The Balaban J connectivity index is 1.48. The molecular formula is C18H18N4O3S. The lowest BCUT2D eigenvalue weighted by molar-refractivity contribution is -0.122. The summed E-state index contributed by atoms with van der Waals surface area (Å²) in [4.78, 5) is 17.2. The quantitative estimate of drug-likeness (QED) is 0.724. The Hall–Kier alpha value is -2.71. The number of nitrogens with zero attached hydrogens (tertiary/aromatic N) is 2. The summed E-state index contributed by atoms with van der Waals surface area (Å²) >= 11 is 0. The average molecular weight is 370 g/mol. The van der Waals surface area contributed by atoms with Gasteiger partial charge in [0.05, 0.1) is 17.1 Å². The van der Waals surface area contributed by atoms with Crippen LogP contribution in [0.5, 0.6) is 0 Å². The Bertz CT molecular complexity index is 1100. The van der Waals surface area contributed by atoms with Crippen molar-refractivity contribution in [3.8, 4) is 0 Å². The molecule has 1 aliphatic rings. The van der Waals surface area contributed by atoms with E-state index >= 15 is 0 Å². The Morgan fingerprint density at radius 3 is 3.00 bits per heavy atom. The number of fused-ring (bicyclic) bond motifs is 2. The number of benzene rings is 1. The van der Waals surface area contributed by atoms with Crippen molar-refractivity contribution in [1.82, 2.24) is 19.4 Å². The Kier molecular flexibility index (Phi) is 4.01. The highest BCUT2D eigenvalue weighted by molar-refractivity contribution is 7.89. The van der Waals surface area contributed by atoms with Crippen LogP contribution in [0.15, 0.2) is 53.7 Å². The van der Waals surface area contributed by atoms with Crippen molar-refractivity contribution in [2.75, 3.05) is 0 Å². The SMILES string of the molecule is Cc1ccn2cc(CNC(=O)[C@@H]3Cc4ccccc4S(=O)(=O)N3)nc2c1. The maximum Gasteiger partial charge on any atom is 0.241 e. The Labute approximate surface area is 151 Å². The van der Waals surface area contributed by atoms with Crippen LogP contribution in [0.3, 0.4) is 0 Å². The minimum Gasteiger partial charge on any atom is -0.349 e. The predicted octanol–water partition coefficient (Wildman–Crippen LogP) is 1.16. The van der Waals surface area contributed by atoms with E-state index in [-0.39, 0.29) is 17.3 Å². The first-order valence-corrected chi connectivity index (χ1v) is 9.73. The number of sulfonamides is 1. The molecule has 4 rings (SSSR count). The summed E-state index contributed by atoms with van der Waals surface area (Å²) in [6, 6.07) is 9.83. The van der Waals surface area contributed by atoms with Crippen molar-refractivity contribution in [3.05, 3.63) is 65.6 Å². The standard InChI is InChI=1S/C18H18N4O3S/c1-12-6-7-22-11-14(20-17(22)8-12)10-19-18(23)15-9-13-4-2-3-5-16(13)26(24,25)21-15/h2-8,11,15,21H,9-10H2,1H3,(H,19,23)/t15-/m0/s1. The second-order valence-electron chi connectivity index (χ2n) is 6.41. The highest BCUT2D eigenvalue weighted by Gasteiger charge is 2.33. The minimum absolute atomic E-state index is 0.236. The number of carbonyl (C=O) groups excluding carboxylic acids is 1. The van der Waals surface area contributed by atoms with Gasteiger partial charge in [0.15, 0.2) is 0 Å². The second-order valence-corrected chi connectivity index (χ2v) is 8.09. The summed E-state index contributed by atoms with van der Waals surface area (Å²) in [6.07, 6.45) is 4.08. The molecular weight excluding hydrogens is 352 g/mol. The lowest BCUT2D eigenvalue weighted by Crippen LogP contribution is -2.50. The number of nitrogens with one attached hydrogen (secondary N) is 2. The summed E-state index contributed by atoms with van der Waals surface area (Å²) in [5.74, 6) is -0.365. The van der Waals surface area contributed by atoms with Crippen LogP contribution in [-0.2, 0) is 27.8 Å². The van der Waals surface area contributed by atoms with Gasteiger partial charge in [-0.25, -0.2) is 13.4 Å². The fraction of sp³-hybridized carbons (Fsp3) is 0.222. The van der Waals surface area contributed by atoms with Gasteiger partial charge in [-0.2, -0.15) is 4.72 Å². The first kappa shape index (κ1) is 16.7. The zero-order valence-electron chi connectivity index (χ0n) is 14.1. The smallest absolute Gasteiger partial charge is 0.241 e. The molecule has 0 unspecified atom stereocenters. The molecule has 1 amide bonds. The van der Waals surface area contributed by atoms with E-state index in [0.717, 1.165) is 11.2 Å². The van der Waals surface area contributed by atoms with Crippen molar-refractivity contribution in [2.45, 2.75) is 30.8 Å². The van der Waals surface area contributed by atoms with Crippen LogP contribution in [0.2, 0.25) is 0 Å². The lowest BCUT2D eigenvalue weighted by Gasteiger charge is -2.24. The number of aryl methyl sites for hydroxylation is 1. The third-order valence-electron chi connectivity index (χ3n) is 4.41. The van der Waals surface area contributed by atoms with Crippen molar-refractivity contribution in [1.29, 1.82) is 0 Å². The largest absolute Gasteiger partial charge is 0.349 e. The number of imidazole rings is 1. The van der Waals surface area contributed by atoms with Gasteiger partial charge in [0.2, 0.25) is 15.9 Å². The monoisotopic (exact) mass is 370 g/mol. The number of aromatic nitrogens is 2. The van der Waals surface area contributed by atoms with E-state index in [1.807, 2.05) is 35.9 Å². The highest BCUT2D eigenvalue weighted by Crippen LogP contribution is 2.22. The molecule has 1 atom stereocenters. The molecule has 1 aromatic carbocycles. The molecule has 0 aliphatic carbocycles. The van der Waals surface area contributed by atoms with Crippen molar-refractivity contribution in [2.24, 2.45) is 0 Å². The van der Waals surface area contributed by atoms with Gasteiger partial charge in [-0.1, -0.05) is 18.2 Å². The predicted molar refractivity (Wildman–Crippen MR) is 96.0 cm³/mol. The van der Waals surface area contributed by atoms with Gasteiger partial charge in [0.1, 0.15) is 11.7 Å². The Morgan fingerprint density at radius 1 is 1.35 bits per heavy atom. The summed E-state index contributed by atoms with van der Waals surface area (Å²) in [6.45, 7) is 2.22. The van der Waals surface area contributed by atoms with Gasteiger partial charge >= 0.3 is 0 Å². The normalized spacial score (nSPS) is 18.4. The summed E-state index contributed by atoms with van der Waals surface area (Å²) in [5.41, 5.74) is 3.27. The molecule has 3 heterocycles. The molecule has 26 heavy (non-hydrogen) atoms. The summed E-state index contributed by atoms with van der Waals surface area (Å²) in [5, 5.41) is 2.77. The topological polar surface area (TPSA) is 92.6 Å². The van der Waals surface area contributed by atoms with Crippen LogP contribution in [-0.4, -0.2) is 29.8 Å². The van der Waals surface area contributed by atoms with Crippen LogP contribution < -0.4 is 10.0 Å². The Morgan fingerprint density at radius 2 is 2.15 bits per heavy atom. The van der Waals surface area contributed by atoms with Crippen LogP contribution in [0.1, 0.15) is 16.8 Å². The zero-order chi connectivity index (χ0) is 18.3. The minimum atomic E-state index is -3.68. The molecule has 0 saturated heterocycles. The fourth-order valence-electron chi connectivity index (χ4n) is 3.12. The van der Waals surface area contributed by atoms with Crippen molar-refractivity contribution in [3.63, 3.8) is 0 Å². The van der Waals surface area contributed by atoms with Gasteiger partial charge in [-0.15, -0.1) is 0 Å². The number of hydrogen-bond acceptors (Lipinski definition) is 4. The third kappa shape index (κ3) is 3.09. The van der Waals surface area contributed by atoms with Gasteiger partial charge in [0.25, 0.3) is 0 Å². The number of carbonyl (C=O) groups is 1. The van der Waals surface area contributed by atoms with Gasteiger partial charge in [-0.05, 0) is 42.7 Å². The van der Waals surface area contributed by atoms with Gasteiger partial charge < -0.3 is 9.72 Å². The molecule has 0 bridgehead atoms. The van der Waals surface area contributed by atoms with E-state index in [0.29, 0.717) is 17.7 Å². The second kappa shape index (κ2) is 6.22. The van der Waals surface area contributed by atoms with Gasteiger partial charge in [0, 0.05) is 12.4 Å². The molecule has 2 aromatic heterocycles. The van der Waals surface area contributed by atoms with Gasteiger partial charge in [-0.3, -0.25) is 4.79 Å². The number of pyridine rings is 1. The van der Waals surface area contributed by atoms with Crippen molar-refractivity contribution >= 4 is 21.6 Å². The molecule has 0 fully saturated rings. The first-order chi connectivity index (χ1) is 12.4. The number of rotatable bonds is 3. The molecule has 0 radical (unpaired) electrons. The molecule has 7 nitrogen and oxygen atoms in total. The molecule has 1 aliphatic heterocycles. The van der Waals surface area contributed by atoms with E-state index in [1.165, 1.54) is 0 Å². The van der Waals surface area contributed by atoms with E-state index < -0.39 is 16.1 Å². The molecule has 134 valence electrons.